The van der Waals surface area contributed by atoms with Gasteiger partial charge in [0.15, 0.2) is 0 Å². The fourth-order valence-electron chi connectivity index (χ4n) is 2.06. The van der Waals surface area contributed by atoms with Crippen LogP contribution < -0.4 is 0 Å². The number of hydrogen-bond donors (Lipinski definition) is 1. The Morgan fingerprint density at radius 1 is 0.889 bits per heavy atom. The van der Waals surface area contributed by atoms with E-state index >= 15 is 0 Å². The molecule has 0 radical (unpaired) electrons. The first-order valence-electron chi connectivity index (χ1n) is 5.92. The molecule has 2 heteroatoms. The average molecular weight is 235 g/mol. The van der Waals surface area contributed by atoms with Gasteiger partial charge in [0.1, 0.15) is 0 Å². The number of nitrogens with zero attached hydrogens (tertiary/aromatic N) is 1. The Labute approximate surface area is 106 Å². The zero-order valence-electron chi connectivity index (χ0n) is 9.88. The highest BCUT2D eigenvalue weighted by Crippen LogP contribution is 2.23. The van der Waals surface area contributed by atoms with E-state index in [1.54, 1.807) is 6.20 Å². The van der Waals surface area contributed by atoms with Gasteiger partial charge >= 0.3 is 0 Å². The van der Waals surface area contributed by atoms with Crippen LogP contribution in [0.15, 0.2) is 60.8 Å². The van der Waals surface area contributed by atoms with Crippen molar-refractivity contribution in [3.05, 3.63) is 66.4 Å². The fourth-order valence-corrected chi connectivity index (χ4v) is 2.06. The first-order chi connectivity index (χ1) is 8.86. The van der Waals surface area contributed by atoms with Crippen LogP contribution in [0.2, 0.25) is 0 Å². The minimum absolute atomic E-state index is 0.0311. The van der Waals surface area contributed by atoms with Crippen LogP contribution in [0.25, 0.3) is 22.0 Å². The van der Waals surface area contributed by atoms with Gasteiger partial charge in [-0.05, 0) is 28.8 Å². The summed E-state index contributed by atoms with van der Waals surface area (Å²) in [5.41, 5.74) is 4.14. The highest BCUT2D eigenvalue weighted by Gasteiger charge is 2.01. The minimum atomic E-state index is 0.0311. The van der Waals surface area contributed by atoms with E-state index in [1.165, 1.54) is 5.56 Å². The molecule has 0 saturated heterocycles. The third-order valence-corrected chi connectivity index (χ3v) is 3.03. The lowest BCUT2D eigenvalue weighted by Gasteiger charge is -2.04. The number of benzene rings is 2. The topological polar surface area (TPSA) is 33.1 Å². The van der Waals surface area contributed by atoms with Crippen LogP contribution in [0.4, 0.5) is 0 Å². The Balaban J connectivity index is 2.12. The molecule has 0 amide bonds. The molecule has 1 aromatic heterocycles. The number of fused-ring (bicyclic) bond motifs is 1. The molecule has 2 nitrogen and oxygen atoms in total. The van der Waals surface area contributed by atoms with E-state index in [0.717, 1.165) is 22.0 Å². The molecule has 0 saturated carbocycles. The normalized spacial score (nSPS) is 10.7. The van der Waals surface area contributed by atoms with Crippen molar-refractivity contribution in [2.45, 2.75) is 6.61 Å². The van der Waals surface area contributed by atoms with Crippen molar-refractivity contribution >= 4 is 10.9 Å². The van der Waals surface area contributed by atoms with Crippen LogP contribution in [0.3, 0.4) is 0 Å². The molecular weight excluding hydrogens is 222 g/mol. The zero-order chi connectivity index (χ0) is 12.4. The fraction of sp³-hybridized carbons (Fsp3) is 0.0625. The Hall–Kier alpha value is -2.19. The molecule has 0 aliphatic carbocycles. The summed E-state index contributed by atoms with van der Waals surface area (Å²) in [4.78, 5) is 4.38. The van der Waals surface area contributed by atoms with Crippen molar-refractivity contribution in [2.24, 2.45) is 0 Å². The summed E-state index contributed by atoms with van der Waals surface area (Å²) < 4.78 is 0. The predicted molar refractivity (Wildman–Crippen MR) is 73.1 cm³/mol. The molecule has 0 unspecified atom stereocenters. The van der Waals surface area contributed by atoms with Crippen molar-refractivity contribution < 1.29 is 5.11 Å². The number of hydrogen-bond acceptors (Lipinski definition) is 2. The van der Waals surface area contributed by atoms with Gasteiger partial charge in [-0.2, -0.15) is 0 Å². The number of pyridine rings is 1. The molecule has 3 rings (SSSR count). The van der Waals surface area contributed by atoms with Gasteiger partial charge in [-0.15, -0.1) is 0 Å². The van der Waals surface area contributed by atoms with Crippen LogP contribution in [0.1, 0.15) is 5.56 Å². The zero-order valence-corrected chi connectivity index (χ0v) is 9.88. The van der Waals surface area contributed by atoms with Crippen LogP contribution in [-0.2, 0) is 6.61 Å². The lowest BCUT2D eigenvalue weighted by Crippen LogP contribution is -1.87. The van der Waals surface area contributed by atoms with Gasteiger partial charge in [0.05, 0.1) is 12.1 Å². The van der Waals surface area contributed by atoms with Crippen LogP contribution >= 0.6 is 0 Å². The van der Waals surface area contributed by atoms with E-state index < -0.39 is 0 Å². The van der Waals surface area contributed by atoms with Crippen molar-refractivity contribution in [3.63, 3.8) is 0 Å². The van der Waals surface area contributed by atoms with Gasteiger partial charge in [0.25, 0.3) is 0 Å². The number of aliphatic hydroxyl groups excluding tert-OH is 1. The maximum atomic E-state index is 9.09. The molecule has 0 fully saturated rings. The highest BCUT2D eigenvalue weighted by molar-refractivity contribution is 5.84. The summed E-state index contributed by atoms with van der Waals surface area (Å²) in [5.74, 6) is 0. The van der Waals surface area contributed by atoms with Gasteiger partial charge in [0, 0.05) is 11.6 Å². The van der Waals surface area contributed by atoms with Crippen molar-refractivity contribution in [1.29, 1.82) is 0 Å². The Morgan fingerprint density at radius 2 is 1.72 bits per heavy atom. The second-order valence-corrected chi connectivity index (χ2v) is 4.28. The van der Waals surface area contributed by atoms with E-state index in [1.807, 2.05) is 30.3 Å². The third-order valence-electron chi connectivity index (χ3n) is 3.03. The van der Waals surface area contributed by atoms with Crippen molar-refractivity contribution in [2.75, 3.05) is 0 Å². The number of aromatic nitrogens is 1. The van der Waals surface area contributed by atoms with Crippen LogP contribution in [-0.4, -0.2) is 10.1 Å². The van der Waals surface area contributed by atoms with Crippen LogP contribution in [0.5, 0.6) is 0 Å². The molecule has 88 valence electrons. The maximum absolute atomic E-state index is 9.09. The third kappa shape index (κ3) is 1.98. The van der Waals surface area contributed by atoms with E-state index in [0.29, 0.717) is 0 Å². The SMILES string of the molecule is OCc1cnc2cc(-c3ccccc3)ccc2c1. The summed E-state index contributed by atoms with van der Waals surface area (Å²) in [7, 11) is 0. The second-order valence-electron chi connectivity index (χ2n) is 4.28. The molecule has 0 aliphatic rings. The Morgan fingerprint density at radius 3 is 2.50 bits per heavy atom. The maximum Gasteiger partial charge on any atom is 0.0708 e. The van der Waals surface area contributed by atoms with Gasteiger partial charge < -0.3 is 5.11 Å². The van der Waals surface area contributed by atoms with Crippen LogP contribution in [0, 0.1) is 0 Å². The molecule has 0 spiro atoms. The molecule has 18 heavy (non-hydrogen) atoms. The minimum Gasteiger partial charge on any atom is -0.392 e. The van der Waals surface area contributed by atoms with Crippen molar-refractivity contribution in [3.8, 4) is 11.1 Å². The quantitative estimate of drug-likeness (QED) is 0.738. The molecule has 0 atom stereocenters. The van der Waals surface area contributed by atoms with E-state index in [9.17, 15) is 0 Å². The lowest BCUT2D eigenvalue weighted by molar-refractivity contribution is 0.281. The first-order valence-corrected chi connectivity index (χ1v) is 5.92. The highest BCUT2D eigenvalue weighted by atomic mass is 16.3. The first kappa shape index (κ1) is 10.9. The Bertz CT molecular complexity index is 677. The smallest absolute Gasteiger partial charge is 0.0708 e. The van der Waals surface area contributed by atoms with Gasteiger partial charge in [-0.3, -0.25) is 4.98 Å². The summed E-state index contributed by atoms with van der Waals surface area (Å²) in [6.07, 6.45) is 1.72. The van der Waals surface area contributed by atoms with Gasteiger partial charge in [-0.1, -0.05) is 42.5 Å². The molecular formula is C16H13NO. The van der Waals surface area contributed by atoms with Gasteiger partial charge in [0.2, 0.25) is 0 Å². The number of rotatable bonds is 2. The average Bonchev–Trinajstić information content (AvgIpc) is 2.47. The summed E-state index contributed by atoms with van der Waals surface area (Å²) in [6.45, 7) is 0.0311. The van der Waals surface area contributed by atoms with E-state index in [-0.39, 0.29) is 6.61 Å². The molecule has 3 aromatic rings. The monoisotopic (exact) mass is 235 g/mol. The van der Waals surface area contributed by atoms with E-state index in [2.05, 4.69) is 29.2 Å². The largest absolute Gasteiger partial charge is 0.392 e. The molecule has 1 heterocycles. The molecule has 1 N–H and O–H groups in total. The molecule has 0 aliphatic heterocycles. The van der Waals surface area contributed by atoms with Gasteiger partial charge in [-0.25, -0.2) is 0 Å². The summed E-state index contributed by atoms with van der Waals surface area (Å²) in [6, 6.07) is 18.4. The number of aliphatic hydroxyl groups is 1. The summed E-state index contributed by atoms with van der Waals surface area (Å²) >= 11 is 0. The molecule has 0 bridgehead atoms. The lowest BCUT2D eigenvalue weighted by atomic mass is 10.0. The molecule has 2 aromatic carbocycles. The van der Waals surface area contributed by atoms with E-state index in [4.69, 9.17) is 5.11 Å². The van der Waals surface area contributed by atoms with Crippen molar-refractivity contribution in [1.82, 2.24) is 4.98 Å². The summed E-state index contributed by atoms with van der Waals surface area (Å²) in [5, 5.41) is 10.1. The standard InChI is InChI=1S/C16H13NO/c18-11-12-8-15-7-6-14(9-16(15)17-10-12)13-4-2-1-3-5-13/h1-10,18H,11H2. The second kappa shape index (κ2) is 4.59. The predicted octanol–water partition coefficient (Wildman–Crippen LogP) is 3.39. The Kier molecular flexibility index (Phi) is 2.79.